The Bertz CT molecular complexity index is 1220. The van der Waals surface area contributed by atoms with E-state index >= 15 is 0 Å². The zero-order chi connectivity index (χ0) is 30.1. The molecule has 0 fully saturated rings. The molecule has 8 heteroatoms. The molecule has 6 nitrogen and oxygen atoms in total. The third-order valence-corrected chi connectivity index (χ3v) is 8.59. The van der Waals surface area contributed by atoms with E-state index in [2.05, 4.69) is 45.9 Å². The fourth-order valence-corrected chi connectivity index (χ4v) is 5.96. The molecule has 0 saturated carbocycles. The average molecular weight is 601 g/mol. The van der Waals surface area contributed by atoms with E-state index in [9.17, 15) is 9.36 Å². The molecule has 224 valence electrons. The average Bonchev–Trinajstić information content (AvgIpc) is 2.93. The highest BCUT2D eigenvalue weighted by molar-refractivity contribution is 7.99. The zero-order valence-electron chi connectivity index (χ0n) is 25.3. The van der Waals surface area contributed by atoms with Gasteiger partial charge in [-0.15, -0.1) is 11.8 Å². The topological polar surface area (TPSA) is 71.1 Å². The van der Waals surface area contributed by atoms with E-state index in [4.69, 9.17) is 18.3 Å². The van der Waals surface area contributed by atoms with Gasteiger partial charge < -0.3 is 4.74 Å². The van der Waals surface area contributed by atoms with Crippen molar-refractivity contribution in [2.45, 2.75) is 78.7 Å². The van der Waals surface area contributed by atoms with Gasteiger partial charge in [-0.25, -0.2) is 9.36 Å². The molecule has 0 aromatic heterocycles. The molecule has 0 atom stereocenters. The third kappa shape index (κ3) is 13.9. The van der Waals surface area contributed by atoms with Crippen LogP contribution >= 0.6 is 19.6 Å². The summed E-state index contributed by atoms with van der Waals surface area (Å²) in [6.07, 6.45) is 11.1. The lowest BCUT2D eigenvalue weighted by molar-refractivity contribution is 0.0731. The predicted molar refractivity (Wildman–Crippen MR) is 170 cm³/mol. The van der Waals surface area contributed by atoms with Gasteiger partial charge in [-0.05, 0) is 97.1 Å². The number of hydrogen-bond acceptors (Lipinski definition) is 7. The van der Waals surface area contributed by atoms with E-state index in [1.54, 1.807) is 55.9 Å². The number of phosphoric ester groups is 1. The first-order chi connectivity index (χ1) is 19.7. The Balaban J connectivity index is 1.89. The van der Waals surface area contributed by atoms with Crippen molar-refractivity contribution in [1.82, 2.24) is 0 Å². The number of esters is 1. The highest BCUT2D eigenvalue weighted by atomic mass is 32.2. The molecular formula is C33H45O6PS. The van der Waals surface area contributed by atoms with E-state index < -0.39 is 13.8 Å². The maximum Gasteiger partial charge on any atom is 0.475 e. The Hall–Kier alpha value is -2.41. The van der Waals surface area contributed by atoms with Crippen molar-refractivity contribution in [1.29, 1.82) is 0 Å². The van der Waals surface area contributed by atoms with Crippen molar-refractivity contribution >= 4 is 25.6 Å². The van der Waals surface area contributed by atoms with Crippen LogP contribution in [-0.2, 0) is 24.7 Å². The third-order valence-electron chi connectivity index (χ3n) is 6.00. The first-order valence-electron chi connectivity index (χ1n) is 14.2. The minimum Gasteiger partial charge on any atom is -0.423 e. The Morgan fingerprint density at radius 1 is 0.805 bits per heavy atom. The normalized spacial score (nSPS) is 12.3. The molecule has 0 amide bonds. The Morgan fingerprint density at radius 3 is 2.05 bits per heavy atom. The number of rotatable bonds is 18. The van der Waals surface area contributed by atoms with E-state index in [1.807, 2.05) is 18.2 Å². The highest BCUT2D eigenvalue weighted by Gasteiger charge is 2.25. The quantitative estimate of drug-likeness (QED) is 0.0554. The molecule has 0 aliphatic heterocycles. The second-order valence-corrected chi connectivity index (χ2v) is 12.6. The highest BCUT2D eigenvalue weighted by Crippen LogP contribution is 2.49. The van der Waals surface area contributed by atoms with E-state index in [0.29, 0.717) is 11.3 Å². The molecule has 0 N–H and O–H groups in total. The number of ether oxygens (including phenoxy) is 1. The van der Waals surface area contributed by atoms with Crippen molar-refractivity contribution < 1.29 is 27.7 Å². The molecule has 0 radical (unpaired) electrons. The second-order valence-electron chi connectivity index (χ2n) is 9.86. The van der Waals surface area contributed by atoms with Gasteiger partial charge in [-0.2, -0.15) is 0 Å². The van der Waals surface area contributed by atoms with Crippen LogP contribution in [0.5, 0.6) is 5.75 Å². The minimum atomic E-state index is -3.59. The molecule has 0 aliphatic carbocycles. The van der Waals surface area contributed by atoms with Gasteiger partial charge in [0.05, 0.1) is 25.4 Å². The van der Waals surface area contributed by atoms with Gasteiger partial charge in [-0.1, -0.05) is 59.2 Å². The standard InChI is InChI=1S/C33H45O6PS/c1-7-36-40(35,37-8-2)38-25-29-19-21-30(22-20-29)39-33(34)31-17-9-10-18-32(31)41-24-23-28(6)16-12-15-27(5)14-11-13-26(3)4/h9-10,13,15,17-23H,7-8,11-12,14,16,24-25H2,1-6H3/b27-15+,28-23+. The summed E-state index contributed by atoms with van der Waals surface area (Å²) in [5.41, 5.74) is 5.43. The molecule has 2 aromatic carbocycles. The molecule has 0 spiro atoms. The molecule has 2 aromatic rings. The molecular weight excluding hydrogens is 555 g/mol. The SMILES string of the molecule is CCOP(=O)(OCC)OCc1ccc(OC(=O)c2ccccc2SC/C=C(\C)CC/C=C(\C)CCC=C(C)C)cc1. The zero-order valence-corrected chi connectivity index (χ0v) is 27.0. The van der Waals surface area contributed by atoms with Gasteiger partial charge >= 0.3 is 13.8 Å². The van der Waals surface area contributed by atoms with Crippen LogP contribution in [0.2, 0.25) is 0 Å². The van der Waals surface area contributed by atoms with Crippen LogP contribution in [0.15, 0.2) is 88.4 Å². The smallest absolute Gasteiger partial charge is 0.423 e. The Labute approximate surface area is 250 Å². The van der Waals surface area contributed by atoms with Crippen LogP contribution in [0.25, 0.3) is 0 Å². The number of phosphoric acid groups is 1. The van der Waals surface area contributed by atoms with Gasteiger partial charge in [0, 0.05) is 10.6 Å². The van der Waals surface area contributed by atoms with Gasteiger partial charge in [-0.3, -0.25) is 13.6 Å². The number of hydrogen-bond donors (Lipinski definition) is 0. The monoisotopic (exact) mass is 600 g/mol. The van der Waals surface area contributed by atoms with Crippen molar-refractivity contribution in [3.05, 3.63) is 94.6 Å². The van der Waals surface area contributed by atoms with E-state index in [-0.39, 0.29) is 19.8 Å². The first-order valence-corrected chi connectivity index (χ1v) is 16.6. The first kappa shape index (κ1) is 34.8. The van der Waals surface area contributed by atoms with Crippen molar-refractivity contribution in [2.24, 2.45) is 0 Å². The summed E-state index contributed by atoms with van der Waals surface area (Å²) in [4.78, 5) is 13.9. The summed E-state index contributed by atoms with van der Waals surface area (Å²) in [5.74, 6) is 0.779. The lowest BCUT2D eigenvalue weighted by Crippen LogP contribution is -2.10. The largest absolute Gasteiger partial charge is 0.475 e. The summed E-state index contributed by atoms with van der Waals surface area (Å²) in [7, 11) is -3.59. The predicted octanol–water partition coefficient (Wildman–Crippen LogP) is 10.1. The van der Waals surface area contributed by atoms with Crippen molar-refractivity contribution in [3.63, 3.8) is 0 Å². The second kappa shape index (κ2) is 18.9. The van der Waals surface area contributed by atoms with Crippen LogP contribution in [0.4, 0.5) is 0 Å². The summed E-state index contributed by atoms with van der Waals surface area (Å²) < 4.78 is 33.8. The van der Waals surface area contributed by atoms with Crippen LogP contribution in [0.1, 0.15) is 83.1 Å². The van der Waals surface area contributed by atoms with Crippen LogP contribution in [0.3, 0.4) is 0 Å². The summed E-state index contributed by atoms with van der Waals surface area (Å²) in [6, 6.07) is 14.4. The fraction of sp³-hybridized carbons (Fsp3) is 0.424. The van der Waals surface area contributed by atoms with Crippen LogP contribution < -0.4 is 4.74 Å². The van der Waals surface area contributed by atoms with Crippen molar-refractivity contribution in [3.8, 4) is 5.75 Å². The molecule has 2 rings (SSSR count). The molecule has 0 aliphatic rings. The number of thioether (sulfide) groups is 1. The van der Waals surface area contributed by atoms with Gasteiger partial charge in [0.25, 0.3) is 0 Å². The maximum absolute atomic E-state index is 13.0. The molecule has 0 saturated heterocycles. The van der Waals surface area contributed by atoms with E-state index in [0.717, 1.165) is 41.9 Å². The fourth-order valence-electron chi connectivity index (χ4n) is 3.77. The molecule has 41 heavy (non-hydrogen) atoms. The van der Waals surface area contributed by atoms with Crippen LogP contribution in [0, 0.1) is 0 Å². The summed E-state index contributed by atoms with van der Waals surface area (Å²) >= 11 is 1.62. The lowest BCUT2D eigenvalue weighted by Gasteiger charge is -2.16. The van der Waals surface area contributed by atoms with Crippen LogP contribution in [-0.4, -0.2) is 24.9 Å². The van der Waals surface area contributed by atoms with Crippen molar-refractivity contribution in [2.75, 3.05) is 19.0 Å². The van der Waals surface area contributed by atoms with Gasteiger partial charge in [0.1, 0.15) is 5.75 Å². The number of carbonyl (C=O) groups excluding carboxylic acids is 1. The number of allylic oxidation sites excluding steroid dienone is 5. The molecule has 0 unspecified atom stereocenters. The van der Waals surface area contributed by atoms with Gasteiger partial charge in [0.15, 0.2) is 0 Å². The molecule has 0 heterocycles. The Morgan fingerprint density at radius 2 is 1.41 bits per heavy atom. The Kier molecular flexibility index (Phi) is 16.0. The minimum absolute atomic E-state index is 0.0457. The lowest BCUT2D eigenvalue weighted by atomic mass is 10.1. The van der Waals surface area contributed by atoms with Gasteiger partial charge in [0.2, 0.25) is 0 Å². The number of carbonyl (C=O) groups is 1. The summed E-state index contributed by atoms with van der Waals surface area (Å²) in [6.45, 7) is 12.6. The van der Waals surface area contributed by atoms with E-state index in [1.165, 1.54) is 16.7 Å². The maximum atomic E-state index is 13.0. The summed E-state index contributed by atoms with van der Waals surface area (Å²) in [5, 5.41) is 0. The number of benzene rings is 2. The molecule has 0 bridgehead atoms.